The van der Waals surface area contributed by atoms with Crippen molar-refractivity contribution in [3.63, 3.8) is 0 Å². The second-order valence-electron chi connectivity index (χ2n) is 27.3. The van der Waals surface area contributed by atoms with Crippen molar-refractivity contribution in [2.45, 2.75) is 302 Å². The van der Waals surface area contributed by atoms with E-state index in [1.807, 2.05) is 21.1 Å². The molecule has 0 aromatic heterocycles. The number of allylic oxidation sites excluding steroid dienone is 36. The summed E-state index contributed by atoms with van der Waals surface area (Å²) in [5.74, 6) is -0.855. The molecule has 10 heteroatoms. The first kappa shape index (κ1) is 96.3. The van der Waals surface area contributed by atoms with Crippen LogP contribution in [-0.4, -0.2) is 70.0 Å². The van der Waals surface area contributed by atoms with Crippen LogP contribution in [-0.2, 0) is 32.7 Å². The number of quaternary nitrogens is 1. The normalized spacial score (nSPS) is 14.2. The van der Waals surface area contributed by atoms with Gasteiger partial charge in [0.25, 0.3) is 7.82 Å². The minimum Gasteiger partial charge on any atom is -0.756 e. The monoisotopic (exact) mass is 1430 g/mol. The third-order valence-electron chi connectivity index (χ3n) is 16.5. The summed E-state index contributed by atoms with van der Waals surface area (Å²) in [6.45, 7) is 3.99. The second kappa shape index (κ2) is 79.4. The SMILES string of the molecule is CC/C=C\C/C=C\C/C=C\C/C=C\C/C=C\C/C=C\C/C=C\C/C=C\C/C=C\C/C=C\C/C=C\CCCCCCCCCC(=O)OC(COC(=O)CCCCCCCCCCCCCCCCC/C=C\C/C=C\C/C=C\C/C=C\C/C=C\C/C=C\C/C=C\CC)COP(=O)([O-])OCC[N+](C)(C)C. The fourth-order valence-corrected chi connectivity index (χ4v) is 11.1. The van der Waals surface area contributed by atoms with Gasteiger partial charge >= 0.3 is 11.9 Å². The van der Waals surface area contributed by atoms with Crippen LogP contribution < -0.4 is 4.89 Å². The molecule has 0 aromatic rings. The fourth-order valence-electron chi connectivity index (χ4n) is 10.4. The zero-order valence-electron chi connectivity index (χ0n) is 65.5. The molecular formula is C92H148NO8P. The molecule has 0 saturated carbocycles. The van der Waals surface area contributed by atoms with E-state index in [9.17, 15) is 19.0 Å². The number of rotatable bonds is 72. The molecule has 2 atom stereocenters. The van der Waals surface area contributed by atoms with Gasteiger partial charge in [-0.1, -0.05) is 348 Å². The summed E-state index contributed by atoms with van der Waals surface area (Å²) in [5.41, 5.74) is 0. The maximum Gasteiger partial charge on any atom is 0.306 e. The topological polar surface area (TPSA) is 111 Å². The number of unbranched alkanes of at least 4 members (excludes halogenated alkanes) is 22. The summed E-state index contributed by atoms with van der Waals surface area (Å²) < 4.78 is 34.4. The molecule has 0 saturated heterocycles. The molecule has 0 aliphatic heterocycles. The van der Waals surface area contributed by atoms with Gasteiger partial charge in [0.05, 0.1) is 27.7 Å². The van der Waals surface area contributed by atoms with Gasteiger partial charge in [0.15, 0.2) is 6.10 Å². The summed E-state index contributed by atoms with van der Waals surface area (Å²) in [5, 5.41) is 0. The Morgan fingerprint density at radius 3 is 0.784 bits per heavy atom. The largest absolute Gasteiger partial charge is 0.756 e. The van der Waals surface area contributed by atoms with E-state index in [2.05, 4.69) is 233 Å². The Balaban J connectivity index is 4.09. The van der Waals surface area contributed by atoms with E-state index in [-0.39, 0.29) is 26.1 Å². The first-order chi connectivity index (χ1) is 50.0. The summed E-state index contributed by atoms with van der Waals surface area (Å²) in [7, 11) is 1.14. The van der Waals surface area contributed by atoms with Crippen molar-refractivity contribution in [1.82, 2.24) is 0 Å². The highest BCUT2D eigenvalue weighted by Gasteiger charge is 2.22. The predicted molar refractivity (Wildman–Crippen MR) is 442 cm³/mol. The van der Waals surface area contributed by atoms with Crippen molar-refractivity contribution in [3.8, 4) is 0 Å². The van der Waals surface area contributed by atoms with Gasteiger partial charge < -0.3 is 27.9 Å². The lowest BCUT2D eigenvalue weighted by molar-refractivity contribution is -0.870. The lowest BCUT2D eigenvalue weighted by Gasteiger charge is -2.28. The molecule has 0 heterocycles. The van der Waals surface area contributed by atoms with Gasteiger partial charge in [-0.2, -0.15) is 0 Å². The standard InChI is InChI=1S/C92H148NO8P/c1-6-8-10-12-14-16-18-20-22-24-26-28-30-32-34-36-38-40-42-44-45-46-47-49-51-53-55-57-59-61-63-65-67-69-71-73-75-77-79-81-83-85-92(95)101-90(89-100-102(96,97)99-87-86-93(3,4)5)88-98-91(94)84-82-80-78-76-74-72-70-68-66-64-62-60-58-56-54-52-50-48-43-41-39-37-35-33-31-29-27-25-23-21-19-17-15-13-11-9-7-2/h8-11,14-17,20-23,26-29,32-35,38-41,44-45,47-50,53,55,59,61,65,67,90H,6-7,12-13,18-19,24-25,30-31,36-37,42-43,46,51-52,54,56-58,60,62-64,66,68-89H2,1-5H3/b10-8-,11-9-,16-14-,17-15-,22-20-,23-21-,28-26-,29-27-,34-32-,35-33-,40-38-,41-39-,45-44-,49-47-,50-48-,55-53-,61-59-,67-65-. The van der Waals surface area contributed by atoms with E-state index in [1.165, 1.54) is 89.9 Å². The summed E-state index contributed by atoms with van der Waals surface area (Å²) in [6, 6.07) is 0. The first-order valence-electron chi connectivity index (χ1n) is 40.4. The van der Waals surface area contributed by atoms with Crippen molar-refractivity contribution in [2.24, 2.45) is 0 Å². The first-order valence-corrected chi connectivity index (χ1v) is 41.9. The fraction of sp³-hybridized carbons (Fsp3) is 0.587. The molecule has 0 spiro atoms. The molecule has 0 aromatic carbocycles. The molecule has 2 unspecified atom stereocenters. The Kier molecular flexibility index (Phi) is 75.0. The molecule has 574 valence electrons. The minimum absolute atomic E-state index is 0.0431. The number of phosphoric ester groups is 1. The smallest absolute Gasteiger partial charge is 0.306 e. The van der Waals surface area contributed by atoms with Crippen molar-refractivity contribution in [1.29, 1.82) is 0 Å². The van der Waals surface area contributed by atoms with Crippen LogP contribution >= 0.6 is 7.82 Å². The van der Waals surface area contributed by atoms with Crippen LogP contribution in [0.1, 0.15) is 296 Å². The number of likely N-dealkylation sites (N-methyl/N-ethyl adjacent to an activating group) is 1. The molecule has 102 heavy (non-hydrogen) atoms. The molecule has 0 N–H and O–H groups in total. The Bertz CT molecular complexity index is 2530. The summed E-state index contributed by atoms with van der Waals surface area (Å²) in [6.07, 6.45) is 126. The van der Waals surface area contributed by atoms with E-state index < -0.39 is 32.5 Å². The van der Waals surface area contributed by atoms with Crippen molar-refractivity contribution >= 4 is 19.8 Å². The van der Waals surface area contributed by atoms with Gasteiger partial charge in [0.1, 0.15) is 19.8 Å². The van der Waals surface area contributed by atoms with Crippen LogP contribution in [0.5, 0.6) is 0 Å². The molecule has 9 nitrogen and oxygen atoms in total. The summed E-state index contributed by atoms with van der Waals surface area (Å²) >= 11 is 0. The zero-order valence-corrected chi connectivity index (χ0v) is 66.4. The van der Waals surface area contributed by atoms with Gasteiger partial charge in [-0.05, 0) is 154 Å². The lowest BCUT2D eigenvalue weighted by atomic mass is 10.0. The highest BCUT2D eigenvalue weighted by Crippen LogP contribution is 2.38. The molecule has 0 rings (SSSR count). The number of carbonyl (C=O) groups is 2. The maximum atomic E-state index is 12.9. The van der Waals surface area contributed by atoms with E-state index in [1.54, 1.807) is 0 Å². The highest BCUT2D eigenvalue weighted by atomic mass is 31.2. The van der Waals surface area contributed by atoms with E-state index in [0.29, 0.717) is 17.4 Å². The number of phosphoric acid groups is 1. The minimum atomic E-state index is -4.66. The van der Waals surface area contributed by atoms with Crippen molar-refractivity contribution in [3.05, 3.63) is 219 Å². The third-order valence-corrected chi connectivity index (χ3v) is 17.5. The molecular weight excluding hydrogens is 1280 g/mol. The number of esters is 2. The third kappa shape index (κ3) is 83.3. The number of nitrogens with zero attached hydrogens (tertiary/aromatic N) is 1. The van der Waals surface area contributed by atoms with Crippen LogP contribution in [0.15, 0.2) is 219 Å². The van der Waals surface area contributed by atoms with Crippen molar-refractivity contribution < 1.29 is 42.1 Å². The number of hydrogen-bond donors (Lipinski definition) is 0. The molecule has 0 fully saturated rings. The zero-order chi connectivity index (χ0) is 74.0. The van der Waals surface area contributed by atoms with Gasteiger partial charge in [0, 0.05) is 12.8 Å². The average molecular weight is 1430 g/mol. The van der Waals surface area contributed by atoms with Gasteiger partial charge in [-0.15, -0.1) is 0 Å². The Morgan fingerprint density at radius 2 is 0.529 bits per heavy atom. The Hall–Kier alpha value is -5.67. The average Bonchev–Trinajstić information content (AvgIpc) is 0.916. The lowest BCUT2D eigenvalue weighted by Crippen LogP contribution is -2.37. The maximum absolute atomic E-state index is 12.9. The Morgan fingerprint density at radius 1 is 0.304 bits per heavy atom. The van der Waals surface area contributed by atoms with Crippen LogP contribution in [0.4, 0.5) is 0 Å². The summed E-state index contributed by atoms with van der Waals surface area (Å²) in [4.78, 5) is 38.2. The molecule has 0 amide bonds. The van der Waals surface area contributed by atoms with Crippen LogP contribution in [0.2, 0.25) is 0 Å². The van der Waals surface area contributed by atoms with E-state index in [4.69, 9.17) is 18.5 Å². The number of hydrogen-bond acceptors (Lipinski definition) is 8. The van der Waals surface area contributed by atoms with Crippen LogP contribution in [0.25, 0.3) is 0 Å². The predicted octanol–water partition coefficient (Wildman–Crippen LogP) is 26.9. The van der Waals surface area contributed by atoms with Crippen LogP contribution in [0, 0.1) is 0 Å². The van der Waals surface area contributed by atoms with E-state index in [0.717, 1.165) is 173 Å². The number of ether oxygens (including phenoxy) is 2. The van der Waals surface area contributed by atoms with Crippen LogP contribution in [0.3, 0.4) is 0 Å². The molecule has 0 aliphatic carbocycles. The number of carbonyl (C=O) groups excluding carboxylic acids is 2. The Labute approximate surface area is 627 Å². The van der Waals surface area contributed by atoms with Gasteiger partial charge in [-0.3, -0.25) is 14.2 Å². The molecule has 0 radical (unpaired) electrons. The second-order valence-corrected chi connectivity index (χ2v) is 28.7. The quantitative estimate of drug-likeness (QED) is 0.0195. The molecule has 0 aliphatic rings. The van der Waals surface area contributed by atoms with E-state index >= 15 is 0 Å². The van der Waals surface area contributed by atoms with Crippen molar-refractivity contribution in [2.75, 3.05) is 47.5 Å². The van der Waals surface area contributed by atoms with Gasteiger partial charge in [0.2, 0.25) is 0 Å². The molecule has 0 bridgehead atoms. The van der Waals surface area contributed by atoms with Gasteiger partial charge in [-0.25, -0.2) is 0 Å². The highest BCUT2D eigenvalue weighted by molar-refractivity contribution is 7.45.